The van der Waals surface area contributed by atoms with Gasteiger partial charge < -0.3 is 0 Å². The van der Waals surface area contributed by atoms with E-state index in [4.69, 9.17) is 0 Å². The lowest BCUT2D eigenvalue weighted by molar-refractivity contribution is -0.133. The van der Waals surface area contributed by atoms with E-state index < -0.39 is 5.92 Å². The lowest BCUT2D eigenvalue weighted by atomic mass is 9.98. The van der Waals surface area contributed by atoms with Crippen molar-refractivity contribution in [2.45, 2.75) is 18.9 Å². The smallest absolute Gasteiger partial charge is 0.272 e. The van der Waals surface area contributed by atoms with Crippen molar-refractivity contribution in [2.75, 3.05) is 18.8 Å². The van der Waals surface area contributed by atoms with Crippen LogP contribution in [0, 0.1) is 0 Å². The summed E-state index contributed by atoms with van der Waals surface area (Å²) >= 11 is 1.88. The molecule has 0 saturated carbocycles. The van der Waals surface area contributed by atoms with Gasteiger partial charge in [0, 0.05) is 29.6 Å². The Balaban J connectivity index is 1.46. The molecule has 2 aliphatic heterocycles. The van der Waals surface area contributed by atoms with Crippen LogP contribution in [0.3, 0.4) is 0 Å². The maximum atomic E-state index is 13.1. The van der Waals surface area contributed by atoms with Crippen LogP contribution in [0.4, 0.5) is 8.78 Å². The van der Waals surface area contributed by atoms with E-state index in [0.29, 0.717) is 6.54 Å². The number of nitrogens with zero attached hydrogens (tertiary/aromatic N) is 3. The van der Waals surface area contributed by atoms with Gasteiger partial charge in [-0.25, -0.2) is 8.78 Å². The predicted octanol–water partition coefficient (Wildman–Crippen LogP) is 5.03. The topological polar surface area (TPSA) is 21.1 Å². The van der Waals surface area contributed by atoms with Gasteiger partial charge in [-0.15, -0.1) is 11.8 Å². The van der Waals surface area contributed by atoms with Gasteiger partial charge in [0.15, 0.2) is 0 Å². The first kappa shape index (κ1) is 17.9. The lowest BCUT2D eigenvalue weighted by Gasteiger charge is -2.38. The molecule has 5 rings (SSSR count). The maximum Gasteiger partial charge on any atom is 0.272 e. The van der Waals surface area contributed by atoms with Crippen molar-refractivity contribution < 1.29 is 8.78 Å². The molecule has 1 fully saturated rings. The number of hydrogen-bond acceptors (Lipinski definition) is 3. The first-order valence-corrected chi connectivity index (χ1v) is 10.4. The highest BCUT2D eigenvalue weighted by Gasteiger charge is 2.43. The van der Waals surface area contributed by atoms with Crippen LogP contribution in [0.15, 0.2) is 48.7 Å². The highest BCUT2D eigenvalue weighted by atomic mass is 32.2. The lowest BCUT2D eigenvalue weighted by Crippen LogP contribution is -2.55. The minimum atomic E-state index is -2.51. The molecular formula is C22H21F2N3S. The summed E-state index contributed by atoms with van der Waals surface area (Å²) in [5.41, 5.74) is 6.01. The van der Waals surface area contributed by atoms with Crippen molar-refractivity contribution in [3.05, 3.63) is 65.4 Å². The van der Waals surface area contributed by atoms with Crippen LogP contribution in [0.1, 0.15) is 23.1 Å². The van der Waals surface area contributed by atoms with E-state index in [1.807, 2.05) is 41.8 Å². The summed E-state index contributed by atoms with van der Waals surface area (Å²) in [6.45, 7) is 0.312. The zero-order valence-corrected chi connectivity index (χ0v) is 16.5. The summed E-state index contributed by atoms with van der Waals surface area (Å²) in [5.74, 6) is -1.45. The molecule has 2 aliphatic rings. The summed E-state index contributed by atoms with van der Waals surface area (Å²) in [6, 6.07) is 14.9. The summed E-state index contributed by atoms with van der Waals surface area (Å²) < 4.78 is 28.1. The van der Waals surface area contributed by atoms with Crippen LogP contribution in [0.2, 0.25) is 0 Å². The summed E-state index contributed by atoms with van der Waals surface area (Å²) in [4.78, 5) is 3.10. The van der Waals surface area contributed by atoms with Gasteiger partial charge in [0.05, 0.1) is 24.8 Å². The van der Waals surface area contributed by atoms with Crippen molar-refractivity contribution in [2.24, 2.45) is 7.05 Å². The molecule has 2 aromatic carbocycles. The van der Waals surface area contributed by atoms with E-state index >= 15 is 0 Å². The van der Waals surface area contributed by atoms with Crippen molar-refractivity contribution >= 4 is 33.1 Å². The van der Waals surface area contributed by atoms with Crippen molar-refractivity contribution in [3.8, 4) is 0 Å². The van der Waals surface area contributed by atoms with Gasteiger partial charge in [-0.3, -0.25) is 9.58 Å². The Kier molecular flexibility index (Phi) is 4.29. The number of rotatable bonds is 4. The molecular weight excluding hydrogens is 376 g/mol. The molecule has 0 N–H and O–H groups in total. The van der Waals surface area contributed by atoms with Crippen molar-refractivity contribution in [1.29, 1.82) is 0 Å². The molecule has 3 heterocycles. The number of fused-ring (bicyclic) bond motifs is 1. The Morgan fingerprint density at radius 2 is 1.96 bits per heavy atom. The molecule has 0 bridgehead atoms. The molecule has 0 atom stereocenters. The second-order valence-corrected chi connectivity index (χ2v) is 8.75. The second-order valence-electron chi connectivity index (χ2n) is 7.65. The standard InChI is InChI=1S/C22H21F2N3S/c1-26-20-10-16(5-6-18(20)11-25-26)19-7-8-28-21(19)17-4-2-3-15(9-17)12-27-13-22(23,24)14-27/h2-6,9-11H,7-8,12-14H2,1H3. The monoisotopic (exact) mass is 397 g/mol. The average molecular weight is 397 g/mol. The quantitative estimate of drug-likeness (QED) is 0.616. The average Bonchev–Trinajstić information content (AvgIpc) is 3.27. The predicted molar refractivity (Wildman–Crippen MR) is 111 cm³/mol. The zero-order chi connectivity index (χ0) is 19.3. The van der Waals surface area contributed by atoms with E-state index in [1.54, 1.807) is 4.90 Å². The Morgan fingerprint density at radius 3 is 2.79 bits per heavy atom. The minimum Gasteiger partial charge on any atom is -0.287 e. The number of aromatic nitrogens is 2. The molecule has 3 aromatic rings. The molecule has 0 amide bonds. The van der Waals surface area contributed by atoms with Crippen LogP contribution >= 0.6 is 11.8 Å². The molecule has 144 valence electrons. The normalized spacial score (nSPS) is 19.4. The van der Waals surface area contributed by atoms with Gasteiger partial charge in [-0.2, -0.15) is 5.10 Å². The van der Waals surface area contributed by atoms with Crippen molar-refractivity contribution in [1.82, 2.24) is 14.7 Å². The van der Waals surface area contributed by atoms with E-state index in [9.17, 15) is 8.78 Å². The van der Waals surface area contributed by atoms with Crippen LogP contribution < -0.4 is 0 Å². The van der Waals surface area contributed by atoms with Gasteiger partial charge in [-0.1, -0.05) is 30.3 Å². The zero-order valence-electron chi connectivity index (χ0n) is 15.7. The Bertz CT molecular complexity index is 1080. The third-order valence-corrected chi connectivity index (χ3v) is 6.65. The molecule has 1 aromatic heterocycles. The SMILES string of the molecule is Cn1ncc2ccc(C3=C(c4cccc(CN5CC(F)(F)C5)c4)SCC3)cc21. The van der Waals surface area contributed by atoms with Gasteiger partial charge in [0.25, 0.3) is 5.92 Å². The number of likely N-dealkylation sites (tertiary alicyclic amines) is 1. The van der Waals surface area contributed by atoms with Gasteiger partial charge in [0.2, 0.25) is 0 Å². The van der Waals surface area contributed by atoms with Gasteiger partial charge >= 0.3 is 0 Å². The third kappa shape index (κ3) is 3.25. The first-order chi connectivity index (χ1) is 13.5. The fourth-order valence-corrected chi connectivity index (χ4v) is 5.31. The van der Waals surface area contributed by atoms with E-state index in [1.165, 1.54) is 21.6 Å². The molecule has 6 heteroatoms. The molecule has 0 aliphatic carbocycles. The Hall–Kier alpha value is -2.18. The van der Waals surface area contributed by atoms with Gasteiger partial charge in [0.1, 0.15) is 0 Å². The third-order valence-electron chi connectivity index (χ3n) is 5.48. The molecule has 0 radical (unpaired) electrons. The fraction of sp³-hybridized carbons (Fsp3) is 0.318. The molecule has 0 spiro atoms. The molecule has 0 unspecified atom stereocenters. The largest absolute Gasteiger partial charge is 0.287 e. The second kappa shape index (κ2) is 6.71. The van der Waals surface area contributed by atoms with E-state index in [2.05, 4.69) is 35.4 Å². The maximum absolute atomic E-state index is 13.1. The highest BCUT2D eigenvalue weighted by molar-refractivity contribution is 8.08. The van der Waals surface area contributed by atoms with Crippen LogP contribution in [-0.4, -0.2) is 39.4 Å². The molecule has 28 heavy (non-hydrogen) atoms. The number of allylic oxidation sites excluding steroid dienone is 1. The number of benzene rings is 2. The molecule has 1 saturated heterocycles. The first-order valence-electron chi connectivity index (χ1n) is 9.46. The van der Waals surface area contributed by atoms with Crippen LogP contribution in [0.5, 0.6) is 0 Å². The number of thioether (sulfide) groups is 1. The Morgan fingerprint density at radius 1 is 1.11 bits per heavy atom. The minimum absolute atomic E-state index is 0.134. The van der Waals surface area contributed by atoms with E-state index in [-0.39, 0.29) is 13.1 Å². The summed E-state index contributed by atoms with van der Waals surface area (Å²) in [7, 11) is 1.97. The Labute approximate surface area is 167 Å². The van der Waals surface area contributed by atoms with Gasteiger partial charge in [-0.05, 0) is 40.8 Å². The van der Waals surface area contributed by atoms with Crippen molar-refractivity contribution in [3.63, 3.8) is 0 Å². The summed E-state index contributed by atoms with van der Waals surface area (Å²) in [6.07, 6.45) is 2.92. The van der Waals surface area contributed by atoms with Crippen LogP contribution in [0.25, 0.3) is 21.4 Å². The highest BCUT2D eigenvalue weighted by Crippen LogP contribution is 2.44. The number of hydrogen-bond donors (Lipinski definition) is 0. The number of aryl methyl sites for hydroxylation is 1. The molecule has 3 nitrogen and oxygen atoms in total. The number of alkyl halides is 2. The van der Waals surface area contributed by atoms with E-state index in [0.717, 1.165) is 28.6 Å². The summed E-state index contributed by atoms with van der Waals surface area (Å²) in [5, 5.41) is 5.49. The number of halogens is 2. The fourth-order valence-electron chi connectivity index (χ4n) is 4.11. The van der Waals surface area contributed by atoms with Crippen LogP contribution in [-0.2, 0) is 13.6 Å².